The molecule has 19 heavy (non-hydrogen) atoms. The summed E-state index contributed by atoms with van der Waals surface area (Å²) in [5.41, 5.74) is 0.483. The van der Waals surface area contributed by atoms with Crippen LogP contribution in [0.1, 0.15) is 17.3 Å². The Labute approximate surface area is 122 Å². The summed E-state index contributed by atoms with van der Waals surface area (Å²) in [5, 5.41) is 0. The maximum absolute atomic E-state index is 13.6. The van der Waals surface area contributed by atoms with Gasteiger partial charge in [-0.15, -0.1) is 0 Å². The van der Waals surface area contributed by atoms with Crippen molar-refractivity contribution in [3.63, 3.8) is 0 Å². The van der Waals surface area contributed by atoms with E-state index in [0.29, 0.717) is 10.5 Å². The highest BCUT2D eigenvalue weighted by molar-refractivity contribution is 9.10. The number of hydrogen-bond donors (Lipinski definition) is 0. The molecular formula is C14H9BrF2OS. The molecule has 0 atom stereocenters. The predicted octanol–water partition coefficient (Wildman–Crippen LogP) is 5.08. The lowest BCUT2D eigenvalue weighted by molar-refractivity contribution is 0.101. The number of halogens is 3. The number of ketones is 1. The molecule has 0 fully saturated rings. The van der Waals surface area contributed by atoms with Crippen molar-refractivity contribution in [1.29, 1.82) is 0 Å². The fourth-order valence-electron chi connectivity index (χ4n) is 1.55. The van der Waals surface area contributed by atoms with Crippen molar-refractivity contribution in [2.75, 3.05) is 0 Å². The molecular weight excluding hydrogens is 334 g/mol. The lowest BCUT2D eigenvalue weighted by Crippen LogP contribution is -1.95. The number of Topliss-reactive ketones (excluding diaryl/α,β-unsaturated/α-hetero) is 1. The maximum Gasteiger partial charge on any atom is 0.160 e. The first kappa shape index (κ1) is 14.2. The Bertz CT molecular complexity index is 643. The standard InChI is InChI=1S/C14H9BrF2OS/c1-8(18)11-4-2-9(15)6-13(11)19-14-7-10(16)3-5-12(14)17/h2-7H,1H3. The molecule has 0 aliphatic heterocycles. The van der Waals surface area contributed by atoms with E-state index >= 15 is 0 Å². The summed E-state index contributed by atoms with van der Waals surface area (Å²) < 4.78 is 27.5. The Hall–Kier alpha value is -1.20. The zero-order chi connectivity index (χ0) is 14.0. The van der Waals surface area contributed by atoms with Gasteiger partial charge >= 0.3 is 0 Å². The Morgan fingerprint density at radius 1 is 1.11 bits per heavy atom. The van der Waals surface area contributed by atoms with E-state index in [4.69, 9.17) is 0 Å². The smallest absolute Gasteiger partial charge is 0.160 e. The normalized spacial score (nSPS) is 10.5. The van der Waals surface area contributed by atoms with Crippen molar-refractivity contribution in [1.82, 2.24) is 0 Å². The van der Waals surface area contributed by atoms with Crippen molar-refractivity contribution in [3.05, 3.63) is 58.1 Å². The molecule has 0 heterocycles. The van der Waals surface area contributed by atoms with Crippen molar-refractivity contribution in [2.24, 2.45) is 0 Å². The maximum atomic E-state index is 13.6. The van der Waals surface area contributed by atoms with E-state index in [9.17, 15) is 13.6 Å². The molecule has 0 aromatic heterocycles. The first-order valence-corrected chi connectivity index (χ1v) is 7.01. The van der Waals surface area contributed by atoms with Crippen molar-refractivity contribution in [2.45, 2.75) is 16.7 Å². The summed E-state index contributed by atoms with van der Waals surface area (Å²) in [5.74, 6) is -1.14. The van der Waals surface area contributed by atoms with Gasteiger partial charge in [0.05, 0.1) is 4.90 Å². The second-order valence-electron chi connectivity index (χ2n) is 3.87. The van der Waals surface area contributed by atoms with Gasteiger partial charge in [0.25, 0.3) is 0 Å². The van der Waals surface area contributed by atoms with Gasteiger partial charge < -0.3 is 0 Å². The molecule has 2 aromatic carbocycles. The second kappa shape index (κ2) is 5.84. The Kier molecular flexibility index (Phi) is 4.37. The van der Waals surface area contributed by atoms with E-state index in [1.807, 2.05) is 0 Å². The third-order valence-electron chi connectivity index (χ3n) is 2.44. The summed E-state index contributed by atoms with van der Waals surface area (Å²) in [4.78, 5) is 12.3. The summed E-state index contributed by atoms with van der Waals surface area (Å²) in [6.45, 7) is 1.44. The monoisotopic (exact) mass is 342 g/mol. The van der Waals surface area contributed by atoms with Gasteiger partial charge in [-0.25, -0.2) is 8.78 Å². The molecule has 0 unspecified atom stereocenters. The van der Waals surface area contributed by atoms with Gasteiger partial charge in [-0.1, -0.05) is 27.7 Å². The average molecular weight is 343 g/mol. The Morgan fingerprint density at radius 3 is 2.53 bits per heavy atom. The van der Waals surface area contributed by atoms with Crippen LogP contribution in [0.15, 0.2) is 50.7 Å². The lowest BCUT2D eigenvalue weighted by atomic mass is 10.1. The van der Waals surface area contributed by atoms with Crippen LogP contribution < -0.4 is 0 Å². The van der Waals surface area contributed by atoms with Crippen LogP contribution in [0, 0.1) is 11.6 Å². The topological polar surface area (TPSA) is 17.1 Å². The number of benzene rings is 2. The van der Waals surface area contributed by atoms with E-state index in [1.165, 1.54) is 6.92 Å². The van der Waals surface area contributed by atoms with E-state index in [2.05, 4.69) is 15.9 Å². The molecule has 2 aromatic rings. The molecule has 0 aliphatic rings. The SMILES string of the molecule is CC(=O)c1ccc(Br)cc1Sc1cc(F)ccc1F. The quantitative estimate of drug-likeness (QED) is 0.723. The van der Waals surface area contributed by atoms with Crippen molar-refractivity contribution in [3.8, 4) is 0 Å². The molecule has 0 amide bonds. The number of hydrogen-bond acceptors (Lipinski definition) is 2. The summed E-state index contributed by atoms with van der Waals surface area (Å²) >= 11 is 4.33. The van der Waals surface area contributed by atoms with Crippen LogP contribution in [0.5, 0.6) is 0 Å². The average Bonchev–Trinajstić information content (AvgIpc) is 2.33. The van der Waals surface area contributed by atoms with E-state index in [1.54, 1.807) is 18.2 Å². The minimum atomic E-state index is -0.513. The minimum absolute atomic E-state index is 0.119. The van der Waals surface area contributed by atoms with Gasteiger partial charge in [0.2, 0.25) is 0 Å². The van der Waals surface area contributed by atoms with Crippen molar-refractivity contribution < 1.29 is 13.6 Å². The second-order valence-corrected chi connectivity index (χ2v) is 5.87. The molecule has 98 valence electrons. The molecule has 0 spiro atoms. The van der Waals surface area contributed by atoms with Crippen LogP contribution in [0.2, 0.25) is 0 Å². The van der Waals surface area contributed by atoms with Crippen LogP contribution >= 0.6 is 27.7 Å². The van der Waals surface area contributed by atoms with Crippen LogP contribution in [0.4, 0.5) is 8.78 Å². The highest BCUT2D eigenvalue weighted by Gasteiger charge is 2.12. The predicted molar refractivity (Wildman–Crippen MR) is 74.6 cm³/mol. The fraction of sp³-hybridized carbons (Fsp3) is 0.0714. The summed E-state index contributed by atoms with van der Waals surface area (Å²) in [7, 11) is 0. The molecule has 0 bridgehead atoms. The molecule has 0 saturated heterocycles. The van der Waals surface area contributed by atoms with Gasteiger partial charge in [0.15, 0.2) is 5.78 Å². The van der Waals surface area contributed by atoms with Gasteiger partial charge in [-0.3, -0.25) is 4.79 Å². The zero-order valence-electron chi connectivity index (χ0n) is 9.91. The molecule has 0 N–H and O–H groups in total. The van der Waals surface area contributed by atoms with Gasteiger partial charge in [-0.05, 0) is 43.3 Å². The minimum Gasteiger partial charge on any atom is -0.294 e. The summed E-state index contributed by atoms with van der Waals surface area (Å²) in [6, 6.07) is 8.36. The lowest BCUT2D eigenvalue weighted by Gasteiger charge is -2.08. The van der Waals surface area contributed by atoms with Gasteiger partial charge in [-0.2, -0.15) is 0 Å². The molecule has 0 aliphatic carbocycles. The van der Waals surface area contributed by atoms with Crippen LogP contribution in [0.3, 0.4) is 0 Å². The number of carbonyl (C=O) groups excluding carboxylic acids is 1. The van der Waals surface area contributed by atoms with Crippen LogP contribution in [0.25, 0.3) is 0 Å². The first-order valence-electron chi connectivity index (χ1n) is 5.41. The van der Waals surface area contributed by atoms with Crippen molar-refractivity contribution >= 4 is 33.5 Å². The van der Waals surface area contributed by atoms with Gasteiger partial charge in [0.1, 0.15) is 11.6 Å². The first-order chi connectivity index (χ1) is 8.97. The van der Waals surface area contributed by atoms with Crippen LogP contribution in [-0.4, -0.2) is 5.78 Å². The van der Waals surface area contributed by atoms with E-state index in [0.717, 1.165) is 34.4 Å². The molecule has 5 heteroatoms. The highest BCUT2D eigenvalue weighted by atomic mass is 79.9. The largest absolute Gasteiger partial charge is 0.294 e. The molecule has 0 saturated carbocycles. The third kappa shape index (κ3) is 3.42. The zero-order valence-corrected chi connectivity index (χ0v) is 12.3. The number of carbonyl (C=O) groups is 1. The molecule has 1 nitrogen and oxygen atoms in total. The Balaban J connectivity index is 2.45. The van der Waals surface area contributed by atoms with E-state index in [-0.39, 0.29) is 10.7 Å². The molecule has 2 rings (SSSR count). The molecule has 0 radical (unpaired) electrons. The highest BCUT2D eigenvalue weighted by Crippen LogP contribution is 2.34. The van der Waals surface area contributed by atoms with Gasteiger partial charge in [0, 0.05) is 14.9 Å². The fourth-order valence-corrected chi connectivity index (χ4v) is 3.14. The third-order valence-corrected chi connectivity index (χ3v) is 4.02. The Morgan fingerprint density at radius 2 is 1.84 bits per heavy atom. The van der Waals surface area contributed by atoms with Crippen LogP contribution in [-0.2, 0) is 0 Å². The number of rotatable bonds is 3. The van der Waals surface area contributed by atoms with E-state index < -0.39 is 11.6 Å². The summed E-state index contributed by atoms with van der Waals surface area (Å²) in [6.07, 6.45) is 0.